The predicted octanol–water partition coefficient (Wildman–Crippen LogP) is 2.77. The maximum absolute atomic E-state index is 4.72. The van der Waals surface area contributed by atoms with Gasteiger partial charge in [0.25, 0.3) is 0 Å². The number of nitrogens with zero attached hydrogens (tertiary/aromatic N) is 2. The third-order valence-electron chi connectivity index (χ3n) is 3.55. The molecule has 1 aromatic heterocycles. The number of rotatable bonds is 2. The highest BCUT2D eigenvalue weighted by Gasteiger charge is 2.20. The van der Waals surface area contributed by atoms with E-state index in [1.165, 1.54) is 30.5 Å². The molecule has 2 rings (SSSR count). The van der Waals surface area contributed by atoms with Gasteiger partial charge in [-0.15, -0.1) is 0 Å². The molecule has 0 bridgehead atoms. The molecule has 0 spiro atoms. The SMILES string of the molecule is Cc1ncc(C(C)C)c(C2CCCNCC2)n1. The molecule has 0 saturated carbocycles. The van der Waals surface area contributed by atoms with Gasteiger partial charge in [0.15, 0.2) is 0 Å². The maximum atomic E-state index is 4.72. The van der Waals surface area contributed by atoms with E-state index >= 15 is 0 Å². The molecule has 1 unspecified atom stereocenters. The fourth-order valence-electron chi connectivity index (χ4n) is 2.56. The maximum Gasteiger partial charge on any atom is 0.125 e. The van der Waals surface area contributed by atoms with E-state index in [0.29, 0.717) is 11.8 Å². The molecule has 94 valence electrons. The van der Waals surface area contributed by atoms with Gasteiger partial charge in [-0.25, -0.2) is 9.97 Å². The second kappa shape index (κ2) is 5.58. The van der Waals surface area contributed by atoms with E-state index in [9.17, 15) is 0 Å². The molecule has 17 heavy (non-hydrogen) atoms. The molecule has 1 fully saturated rings. The second-order valence-electron chi connectivity index (χ2n) is 5.29. The molecule has 0 aliphatic carbocycles. The molecular weight excluding hydrogens is 210 g/mol. The first-order valence-electron chi connectivity index (χ1n) is 6.72. The van der Waals surface area contributed by atoms with Gasteiger partial charge in [-0.3, -0.25) is 0 Å². The minimum Gasteiger partial charge on any atom is -0.317 e. The first kappa shape index (κ1) is 12.5. The van der Waals surface area contributed by atoms with Crippen molar-refractivity contribution in [1.82, 2.24) is 15.3 Å². The third kappa shape index (κ3) is 3.03. The first-order chi connectivity index (χ1) is 8.18. The lowest BCUT2D eigenvalue weighted by Gasteiger charge is -2.19. The highest BCUT2D eigenvalue weighted by Crippen LogP contribution is 2.30. The van der Waals surface area contributed by atoms with E-state index in [1.54, 1.807) is 0 Å². The Morgan fingerprint density at radius 1 is 1.29 bits per heavy atom. The lowest BCUT2D eigenvalue weighted by Crippen LogP contribution is -2.14. The van der Waals surface area contributed by atoms with Crippen molar-refractivity contribution in [3.05, 3.63) is 23.3 Å². The van der Waals surface area contributed by atoms with Crippen molar-refractivity contribution >= 4 is 0 Å². The zero-order chi connectivity index (χ0) is 12.3. The summed E-state index contributed by atoms with van der Waals surface area (Å²) >= 11 is 0. The van der Waals surface area contributed by atoms with Crippen molar-refractivity contribution < 1.29 is 0 Å². The highest BCUT2D eigenvalue weighted by atomic mass is 14.9. The molecule has 1 atom stereocenters. The summed E-state index contributed by atoms with van der Waals surface area (Å²) in [5.41, 5.74) is 2.64. The molecule has 0 aromatic carbocycles. The van der Waals surface area contributed by atoms with Crippen LogP contribution in [0, 0.1) is 6.92 Å². The number of nitrogens with one attached hydrogen (secondary N) is 1. The van der Waals surface area contributed by atoms with Gasteiger partial charge in [0, 0.05) is 12.1 Å². The van der Waals surface area contributed by atoms with Crippen LogP contribution < -0.4 is 5.32 Å². The monoisotopic (exact) mass is 233 g/mol. The zero-order valence-electron chi connectivity index (χ0n) is 11.2. The van der Waals surface area contributed by atoms with Gasteiger partial charge in [-0.1, -0.05) is 13.8 Å². The Balaban J connectivity index is 2.30. The van der Waals surface area contributed by atoms with Crippen molar-refractivity contribution in [2.75, 3.05) is 13.1 Å². The number of hydrogen-bond donors (Lipinski definition) is 1. The Labute approximate surface area is 104 Å². The largest absolute Gasteiger partial charge is 0.317 e. The summed E-state index contributed by atoms with van der Waals surface area (Å²) in [5, 5.41) is 3.47. The molecule has 1 aliphatic heterocycles. The van der Waals surface area contributed by atoms with Crippen LogP contribution in [-0.2, 0) is 0 Å². The molecule has 1 saturated heterocycles. The standard InChI is InChI=1S/C14H23N3/c1-10(2)13-9-16-11(3)17-14(13)12-5-4-7-15-8-6-12/h9-10,12,15H,4-8H2,1-3H3. The van der Waals surface area contributed by atoms with Crippen LogP contribution in [0.2, 0.25) is 0 Å². The topological polar surface area (TPSA) is 37.8 Å². The van der Waals surface area contributed by atoms with E-state index in [-0.39, 0.29) is 0 Å². The number of hydrogen-bond acceptors (Lipinski definition) is 3. The van der Waals surface area contributed by atoms with Crippen molar-refractivity contribution in [2.45, 2.75) is 51.9 Å². The minimum atomic E-state index is 0.516. The minimum absolute atomic E-state index is 0.516. The molecule has 1 aromatic rings. The number of aromatic nitrogens is 2. The van der Waals surface area contributed by atoms with Gasteiger partial charge < -0.3 is 5.32 Å². The molecule has 0 radical (unpaired) electrons. The third-order valence-corrected chi connectivity index (χ3v) is 3.55. The Hall–Kier alpha value is -0.960. The smallest absolute Gasteiger partial charge is 0.125 e. The normalized spacial score (nSPS) is 21.5. The first-order valence-corrected chi connectivity index (χ1v) is 6.72. The van der Waals surface area contributed by atoms with Crippen LogP contribution in [0.15, 0.2) is 6.20 Å². The van der Waals surface area contributed by atoms with Crippen molar-refractivity contribution in [3.8, 4) is 0 Å². The van der Waals surface area contributed by atoms with Gasteiger partial charge in [0.1, 0.15) is 5.82 Å². The molecule has 3 heteroatoms. The summed E-state index contributed by atoms with van der Waals surface area (Å²) in [5.74, 6) is 2.03. The van der Waals surface area contributed by atoms with Crippen LogP contribution in [0.5, 0.6) is 0 Å². The summed E-state index contributed by atoms with van der Waals surface area (Å²) < 4.78 is 0. The Morgan fingerprint density at radius 2 is 2.12 bits per heavy atom. The Morgan fingerprint density at radius 3 is 2.88 bits per heavy atom. The summed E-state index contributed by atoms with van der Waals surface area (Å²) in [4.78, 5) is 9.07. The van der Waals surface area contributed by atoms with E-state index in [2.05, 4.69) is 24.1 Å². The Kier molecular flexibility index (Phi) is 4.11. The lowest BCUT2D eigenvalue weighted by atomic mass is 9.90. The van der Waals surface area contributed by atoms with Crippen molar-refractivity contribution in [2.24, 2.45) is 0 Å². The van der Waals surface area contributed by atoms with E-state index in [4.69, 9.17) is 4.98 Å². The molecular formula is C14H23N3. The van der Waals surface area contributed by atoms with Gasteiger partial charge in [0.05, 0.1) is 5.69 Å². The number of aryl methyl sites for hydroxylation is 1. The molecule has 1 aliphatic rings. The summed E-state index contributed by atoms with van der Waals surface area (Å²) in [7, 11) is 0. The second-order valence-corrected chi connectivity index (χ2v) is 5.29. The summed E-state index contributed by atoms with van der Waals surface area (Å²) in [6, 6.07) is 0. The van der Waals surface area contributed by atoms with E-state index in [0.717, 1.165) is 18.9 Å². The quantitative estimate of drug-likeness (QED) is 0.853. The molecule has 2 heterocycles. The van der Waals surface area contributed by atoms with Crippen molar-refractivity contribution in [1.29, 1.82) is 0 Å². The predicted molar refractivity (Wildman–Crippen MR) is 70.3 cm³/mol. The van der Waals surface area contributed by atoms with Crippen LogP contribution in [-0.4, -0.2) is 23.1 Å². The van der Waals surface area contributed by atoms with E-state index < -0.39 is 0 Å². The molecule has 1 N–H and O–H groups in total. The van der Waals surface area contributed by atoms with Gasteiger partial charge in [-0.2, -0.15) is 0 Å². The Bertz CT molecular complexity index is 366. The van der Waals surface area contributed by atoms with Crippen LogP contribution in [0.1, 0.15) is 62.0 Å². The summed E-state index contributed by atoms with van der Waals surface area (Å²) in [6.45, 7) is 8.71. The van der Waals surface area contributed by atoms with Gasteiger partial charge in [0.2, 0.25) is 0 Å². The van der Waals surface area contributed by atoms with Crippen LogP contribution >= 0.6 is 0 Å². The van der Waals surface area contributed by atoms with Crippen LogP contribution in [0.4, 0.5) is 0 Å². The molecule has 0 amide bonds. The fraction of sp³-hybridized carbons (Fsp3) is 0.714. The van der Waals surface area contributed by atoms with Gasteiger partial charge in [-0.05, 0) is 50.8 Å². The van der Waals surface area contributed by atoms with Gasteiger partial charge >= 0.3 is 0 Å². The van der Waals surface area contributed by atoms with Crippen LogP contribution in [0.25, 0.3) is 0 Å². The van der Waals surface area contributed by atoms with Crippen LogP contribution in [0.3, 0.4) is 0 Å². The molecule has 3 nitrogen and oxygen atoms in total. The fourth-order valence-corrected chi connectivity index (χ4v) is 2.56. The average Bonchev–Trinajstić information content (AvgIpc) is 2.56. The lowest BCUT2D eigenvalue weighted by molar-refractivity contribution is 0.577. The summed E-state index contributed by atoms with van der Waals surface area (Å²) in [6.07, 6.45) is 5.74. The van der Waals surface area contributed by atoms with Crippen molar-refractivity contribution in [3.63, 3.8) is 0 Å². The average molecular weight is 233 g/mol. The highest BCUT2D eigenvalue weighted by molar-refractivity contribution is 5.25. The zero-order valence-corrected chi connectivity index (χ0v) is 11.2. The van der Waals surface area contributed by atoms with E-state index in [1.807, 2.05) is 13.1 Å².